The van der Waals surface area contributed by atoms with Gasteiger partial charge in [0.1, 0.15) is 18.0 Å². The fourth-order valence-corrected chi connectivity index (χ4v) is 3.26. The number of nitrogens with one attached hydrogen (secondary N) is 1. The molecule has 1 aliphatic heterocycles. The van der Waals surface area contributed by atoms with E-state index < -0.39 is 5.91 Å². The fourth-order valence-electron chi connectivity index (χ4n) is 3.26. The molecule has 1 fully saturated rings. The third-order valence-electron chi connectivity index (χ3n) is 4.58. The van der Waals surface area contributed by atoms with Crippen LogP contribution in [0.4, 0.5) is 5.69 Å². The monoisotopic (exact) mass is 344 g/mol. The lowest BCUT2D eigenvalue weighted by atomic mass is 9.85. The van der Waals surface area contributed by atoms with Gasteiger partial charge in [-0.3, -0.25) is 19.3 Å². The summed E-state index contributed by atoms with van der Waals surface area (Å²) < 4.78 is 10.3. The number of anilines is 1. The highest BCUT2D eigenvalue weighted by molar-refractivity contribution is 6.09. The van der Waals surface area contributed by atoms with E-state index in [1.54, 1.807) is 18.2 Å². The quantitative estimate of drug-likeness (QED) is 0.648. The summed E-state index contributed by atoms with van der Waals surface area (Å²) in [5.41, 5.74) is 0.450. The van der Waals surface area contributed by atoms with Crippen molar-refractivity contribution in [3.8, 4) is 11.5 Å². The molecular weight excluding hydrogens is 324 g/mol. The Morgan fingerprint density at radius 2 is 1.76 bits per heavy atom. The number of allylic oxidation sites excluding steroid dienone is 2. The van der Waals surface area contributed by atoms with E-state index in [0.717, 1.165) is 4.90 Å². The first-order valence-electron chi connectivity index (χ1n) is 8.07. The summed E-state index contributed by atoms with van der Waals surface area (Å²) in [6.07, 6.45) is 4.94. The number of nitrogens with zero attached hydrogens (tertiary/aromatic N) is 1. The van der Waals surface area contributed by atoms with E-state index in [1.165, 1.54) is 14.2 Å². The number of methoxy groups -OCH3 is 2. The number of hydrogen-bond donors (Lipinski definition) is 1. The van der Waals surface area contributed by atoms with E-state index in [1.807, 2.05) is 12.2 Å². The molecule has 0 unspecified atom stereocenters. The van der Waals surface area contributed by atoms with Crippen molar-refractivity contribution in [2.24, 2.45) is 11.8 Å². The summed E-state index contributed by atoms with van der Waals surface area (Å²) in [6.45, 7) is -0.292. The molecule has 0 aromatic heterocycles. The molecular formula is C18H20N2O5. The maximum absolute atomic E-state index is 12.4. The van der Waals surface area contributed by atoms with Gasteiger partial charge >= 0.3 is 0 Å². The van der Waals surface area contributed by atoms with Gasteiger partial charge in [0.25, 0.3) is 0 Å². The number of rotatable bonds is 5. The zero-order valence-corrected chi connectivity index (χ0v) is 14.2. The zero-order chi connectivity index (χ0) is 18.0. The summed E-state index contributed by atoms with van der Waals surface area (Å²) >= 11 is 0. The van der Waals surface area contributed by atoms with Crippen LogP contribution >= 0.6 is 0 Å². The van der Waals surface area contributed by atoms with Crippen LogP contribution in [0.25, 0.3) is 0 Å². The lowest BCUT2D eigenvalue weighted by Crippen LogP contribution is -2.38. The van der Waals surface area contributed by atoms with Crippen LogP contribution < -0.4 is 14.8 Å². The number of carbonyl (C=O) groups is 3. The van der Waals surface area contributed by atoms with Gasteiger partial charge in [-0.15, -0.1) is 0 Å². The van der Waals surface area contributed by atoms with Crippen molar-refractivity contribution in [2.45, 2.75) is 12.8 Å². The molecule has 1 aromatic carbocycles. The third-order valence-corrected chi connectivity index (χ3v) is 4.58. The van der Waals surface area contributed by atoms with Gasteiger partial charge in [0.05, 0.1) is 31.7 Å². The molecule has 1 aromatic rings. The minimum Gasteiger partial charge on any atom is -0.497 e. The molecule has 0 spiro atoms. The Morgan fingerprint density at radius 1 is 1.12 bits per heavy atom. The SMILES string of the molecule is COc1ccc(NC(=O)CN2C(=O)[C@@H]3CC=CC[C@H]3C2=O)c(OC)c1. The number of imide groups is 1. The van der Waals surface area contributed by atoms with Crippen molar-refractivity contribution in [2.75, 3.05) is 26.1 Å². The van der Waals surface area contributed by atoms with Crippen LogP contribution in [-0.4, -0.2) is 43.4 Å². The molecule has 2 atom stereocenters. The predicted octanol–water partition coefficient (Wildman–Crippen LogP) is 1.59. The Hall–Kier alpha value is -2.83. The average Bonchev–Trinajstić information content (AvgIpc) is 2.87. The van der Waals surface area contributed by atoms with Crippen LogP contribution in [0, 0.1) is 11.8 Å². The van der Waals surface area contributed by atoms with Crippen molar-refractivity contribution in [3.05, 3.63) is 30.4 Å². The van der Waals surface area contributed by atoms with E-state index in [9.17, 15) is 14.4 Å². The first kappa shape index (κ1) is 17.0. The topological polar surface area (TPSA) is 84.9 Å². The van der Waals surface area contributed by atoms with Gasteiger partial charge in [0.2, 0.25) is 17.7 Å². The van der Waals surface area contributed by atoms with Crippen LogP contribution in [0.3, 0.4) is 0 Å². The Labute approximate surface area is 145 Å². The minimum atomic E-state index is -0.447. The summed E-state index contributed by atoms with van der Waals surface area (Å²) in [5.74, 6) is -0.619. The Bertz CT molecular complexity index is 717. The van der Waals surface area contributed by atoms with Gasteiger partial charge in [-0.2, -0.15) is 0 Å². The molecule has 3 amide bonds. The van der Waals surface area contributed by atoms with E-state index in [2.05, 4.69) is 5.32 Å². The Balaban J connectivity index is 1.69. The molecule has 2 aliphatic rings. The molecule has 7 nitrogen and oxygen atoms in total. The molecule has 25 heavy (non-hydrogen) atoms. The smallest absolute Gasteiger partial charge is 0.244 e. The van der Waals surface area contributed by atoms with Gasteiger partial charge in [-0.1, -0.05) is 12.2 Å². The van der Waals surface area contributed by atoms with E-state index in [-0.39, 0.29) is 30.2 Å². The van der Waals surface area contributed by atoms with Crippen molar-refractivity contribution in [1.29, 1.82) is 0 Å². The Kier molecular flexibility index (Phi) is 4.74. The lowest BCUT2D eigenvalue weighted by molar-refractivity contribution is -0.142. The van der Waals surface area contributed by atoms with Crippen molar-refractivity contribution >= 4 is 23.4 Å². The number of hydrogen-bond acceptors (Lipinski definition) is 5. The van der Waals surface area contributed by atoms with Gasteiger partial charge in [0, 0.05) is 6.07 Å². The van der Waals surface area contributed by atoms with Crippen molar-refractivity contribution in [3.63, 3.8) is 0 Å². The number of ether oxygens (including phenoxy) is 2. The van der Waals surface area contributed by atoms with Crippen LogP contribution in [0.2, 0.25) is 0 Å². The highest BCUT2D eigenvalue weighted by Crippen LogP contribution is 2.35. The zero-order valence-electron chi connectivity index (χ0n) is 14.2. The molecule has 1 N–H and O–H groups in total. The molecule has 1 saturated heterocycles. The second-order valence-electron chi connectivity index (χ2n) is 6.03. The average molecular weight is 344 g/mol. The maximum Gasteiger partial charge on any atom is 0.244 e. The first-order valence-corrected chi connectivity index (χ1v) is 8.07. The summed E-state index contributed by atoms with van der Waals surface area (Å²) in [7, 11) is 3.02. The lowest BCUT2D eigenvalue weighted by Gasteiger charge is -2.16. The maximum atomic E-state index is 12.4. The van der Waals surface area contributed by atoms with Crippen molar-refractivity contribution in [1.82, 2.24) is 4.90 Å². The number of amides is 3. The molecule has 3 rings (SSSR count). The number of fused-ring (bicyclic) bond motifs is 1. The van der Waals surface area contributed by atoms with Crippen molar-refractivity contribution < 1.29 is 23.9 Å². The predicted molar refractivity (Wildman–Crippen MR) is 90.2 cm³/mol. The Morgan fingerprint density at radius 3 is 2.32 bits per heavy atom. The molecule has 7 heteroatoms. The van der Waals surface area contributed by atoms with E-state index in [4.69, 9.17) is 9.47 Å². The normalized spacial score (nSPS) is 21.9. The molecule has 1 heterocycles. The molecule has 0 bridgehead atoms. The van der Waals surface area contributed by atoms with Crippen LogP contribution in [-0.2, 0) is 14.4 Å². The highest BCUT2D eigenvalue weighted by Gasteiger charge is 2.47. The second kappa shape index (κ2) is 6.96. The minimum absolute atomic E-state index is 0.267. The standard InChI is InChI=1S/C18H20N2O5/c1-24-11-7-8-14(15(9-11)25-2)19-16(21)10-20-17(22)12-5-3-4-6-13(12)18(20)23/h3-4,7-9,12-13H,5-6,10H2,1-2H3,(H,19,21)/t12-,13-/m1/s1. The van der Waals surface area contributed by atoms with Gasteiger partial charge in [-0.05, 0) is 25.0 Å². The van der Waals surface area contributed by atoms with Gasteiger partial charge in [-0.25, -0.2) is 0 Å². The second-order valence-corrected chi connectivity index (χ2v) is 6.03. The van der Waals surface area contributed by atoms with Crippen LogP contribution in [0.1, 0.15) is 12.8 Å². The summed E-state index contributed by atoms with van der Waals surface area (Å²) in [4.78, 5) is 38.2. The fraction of sp³-hybridized carbons (Fsp3) is 0.389. The number of carbonyl (C=O) groups excluding carboxylic acids is 3. The number of likely N-dealkylation sites (tertiary alicyclic amines) is 1. The molecule has 1 aliphatic carbocycles. The third kappa shape index (κ3) is 3.22. The largest absolute Gasteiger partial charge is 0.497 e. The van der Waals surface area contributed by atoms with Crippen LogP contribution in [0.5, 0.6) is 11.5 Å². The van der Waals surface area contributed by atoms with Gasteiger partial charge < -0.3 is 14.8 Å². The van der Waals surface area contributed by atoms with Crippen LogP contribution in [0.15, 0.2) is 30.4 Å². The van der Waals surface area contributed by atoms with Gasteiger partial charge in [0.15, 0.2) is 0 Å². The van der Waals surface area contributed by atoms with E-state index >= 15 is 0 Å². The molecule has 0 radical (unpaired) electrons. The summed E-state index contributed by atoms with van der Waals surface area (Å²) in [6, 6.07) is 4.97. The molecule has 0 saturated carbocycles. The first-order chi connectivity index (χ1) is 12.0. The number of benzene rings is 1. The molecule has 132 valence electrons. The van der Waals surface area contributed by atoms with E-state index in [0.29, 0.717) is 30.0 Å². The highest BCUT2D eigenvalue weighted by atomic mass is 16.5. The summed E-state index contributed by atoms with van der Waals surface area (Å²) in [5, 5.41) is 2.68.